The van der Waals surface area contributed by atoms with Crippen LogP contribution >= 0.6 is 0 Å². The first-order chi connectivity index (χ1) is 9.58. The summed E-state index contributed by atoms with van der Waals surface area (Å²) in [5, 5.41) is 7.56. The van der Waals surface area contributed by atoms with Crippen LogP contribution < -0.4 is 10.1 Å². The van der Waals surface area contributed by atoms with Crippen molar-refractivity contribution < 1.29 is 4.74 Å². The minimum Gasteiger partial charge on any atom is -0.436 e. The lowest BCUT2D eigenvalue weighted by molar-refractivity contribution is 0.459. The fourth-order valence-electron chi connectivity index (χ4n) is 1.82. The van der Waals surface area contributed by atoms with Crippen LogP contribution in [0.4, 0.5) is 0 Å². The van der Waals surface area contributed by atoms with Crippen LogP contribution in [-0.4, -0.2) is 20.8 Å². The highest BCUT2D eigenvalue weighted by molar-refractivity contribution is 5.28. The third-order valence-corrected chi connectivity index (χ3v) is 3.03. The molecule has 0 saturated carbocycles. The van der Waals surface area contributed by atoms with Gasteiger partial charge in [-0.25, -0.2) is 4.98 Å². The average molecular weight is 274 g/mol. The minimum absolute atomic E-state index is 0.463. The molecule has 5 heteroatoms. The zero-order valence-corrected chi connectivity index (χ0v) is 12.6. The molecule has 0 spiro atoms. The third kappa shape index (κ3) is 3.81. The van der Waals surface area contributed by atoms with Gasteiger partial charge in [-0.05, 0) is 19.4 Å². The van der Waals surface area contributed by atoms with Crippen LogP contribution in [0.2, 0.25) is 0 Å². The summed E-state index contributed by atoms with van der Waals surface area (Å²) in [6.45, 7) is 9.95. The molecule has 0 aliphatic heterocycles. The molecule has 5 nitrogen and oxygen atoms in total. The Morgan fingerprint density at radius 3 is 2.75 bits per heavy atom. The van der Waals surface area contributed by atoms with Gasteiger partial charge in [-0.3, -0.25) is 4.68 Å². The molecular formula is C15H22N4O. The molecule has 0 aliphatic rings. The molecule has 0 atom stereocenters. The van der Waals surface area contributed by atoms with E-state index in [1.165, 1.54) is 5.56 Å². The zero-order chi connectivity index (χ0) is 14.5. The van der Waals surface area contributed by atoms with Gasteiger partial charge in [0.25, 0.3) is 0 Å². The van der Waals surface area contributed by atoms with Crippen molar-refractivity contribution in [2.45, 2.75) is 46.8 Å². The molecule has 2 aromatic heterocycles. The summed E-state index contributed by atoms with van der Waals surface area (Å²) < 4.78 is 7.53. The highest BCUT2D eigenvalue weighted by atomic mass is 16.5. The summed E-state index contributed by atoms with van der Waals surface area (Å²) in [7, 11) is 0. The molecule has 0 bridgehead atoms. The summed E-state index contributed by atoms with van der Waals surface area (Å²) in [5.41, 5.74) is 2.17. The molecule has 108 valence electrons. The van der Waals surface area contributed by atoms with Crippen molar-refractivity contribution in [1.29, 1.82) is 0 Å². The molecule has 0 unspecified atom stereocenters. The number of aryl methyl sites for hydroxylation is 2. The second kappa shape index (κ2) is 6.52. The highest BCUT2D eigenvalue weighted by Gasteiger charge is 2.06. The smallest absolute Gasteiger partial charge is 0.219 e. The largest absolute Gasteiger partial charge is 0.436 e. The summed E-state index contributed by atoms with van der Waals surface area (Å²) in [6, 6.07) is 4.41. The van der Waals surface area contributed by atoms with E-state index >= 15 is 0 Å². The second-order valence-electron chi connectivity index (χ2n) is 5.06. The number of hydrogen-bond donors (Lipinski definition) is 1. The number of ether oxygens (including phenoxy) is 1. The van der Waals surface area contributed by atoms with E-state index in [0.29, 0.717) is 17.7 Å². The predicted octanol–water partition coefficient (Wildman–Crippen LogP) is 2.90. The van der Waals surface area contributed by atoms with Crippen molar-refractivity contribution in [3.8, 4) is 11.6 Å². The van der Waals surface area contributed by atoms with Crippen LogP contribution in [-0.2, 0) is 13.1 Å². The van der Waals surface area contributed by atoms with Gasteiger partial charge < -0.3 is 10.1 Å². The Bertz CT molecular complexity index is 563. The molecule has 1 N–H and O–H groups in total. The van der Waals surface area contributed by atoms with Gasteiger partial charge in [0.05, 0.1) is 12.4 Å². The van der Waals surface area contributed by atoms with Crippen molar-refractivity contribution in [2.24, 2.45) is 0 Å². The lowest BCUT2D eigenvalue weighted by atomic mass is 10.2. The Hall–Kier alpha value is -1.88. The molecule has 0 aliphatic carbocycles. The Labute approximate surface area is 120 Å². The Balaban J connectivity index is 2.04. The molecule has 0 saturated heterocycles. The normalized spacial score (nSPS) is 11.1. The second-order valence-corrected chi connectivity index (χ2v) is 5.06. The predicted molar refractivity (Wildman–Crippen MR) is 78.9 cm³/mol. The highest BCUT2D eigenvalue weighted by Crippen LogP contribution is 2.20. The van der Waals surface area contributed by atoms with E-state index in [1.54, 1.807) is 6.20 Å². The van der Waals surface area contributed by atoms with Gasteiger partial charge in [-0.2, -0.15) is 5.10 Å². The average Bonchev–Trinajstić information content (AvgIpc) is 2.85. The lowest BCUT2D eigenvalue weighted by Gasteiger charge is -2.11. The van der Waals surface area contributed by atoms with Crippen LogP contribution in [0.5, 0.6) is 11.6 Å². The Morgan fingerprint density at radius 1 is 1.35 bits per heavy atom. The standard InChI is InChI=1S/C15H22N4O/c1-5-19-10-14(9-17-19)20-15-7-6-13(12(4)18-15)8-16-11(2)3/h6-7,9-11,16H,5,8H2,1-4H3. The van der Waals surface area contributed by atoms with Crippen LogP contribution in [0.1, 0.15) is 32.0 Å². The number of rotatable bonds is 6. The molecule has 0 amide bonds. The summed E-state index contributed by atoms with van der Waals surface area (Å²) >= 11 is 0. The third-order valence-electron chi connectivity index (χ3n) is 3.03. The Morgan fingerprint density at radius 2 is 2.15 bits per heavy atom. The quantitative estimate of drug-likeness (QED) is 0.880. The molecule has 0 aromatic carbocycles. The van der Waals surface area contributed by atoms with Gasteiger partial charge in [0, 0.05) is 30.9 Å². The van der Waals surface area contributed by atoms with Crippen molar-refractivity contribution in [3.63, 3.8) is 0 Å². The molecule has 0 fully saturated rings. The van der Waals surface area contributed by atoms with Crippen LogP contribution in [0, 0.1) is 6.92 Å². The number of pyridine rings is 1. The van der Waals surface area contributed by atoms with Crippen molar-refractivity contribution in [2.75, 3.05) is 0 Å². The summed E-state index contributed by atoms with van der Waals surface area (Å²) in [4.78, 5) is 4.48. The maximum Gasteiger partial charge on any atom is 0.219 e. The van der Waals surface area contributed by atoms with Crippen molar-refractivity contribution in [1.82, 2.24) is 20.1 Å². The van der Waals surface area contributed by atoms with E-state index in [0.717, 1.165) is 18.8 Å². The number of nitrogens with zero attached hydrogens (tertiary/aromatic N) is 3. The van der Waals surface area contributed by atoms with Gasteiger partial charge >= 0.3 is 0 Å². The molecule has 20 heavy (non-hydrogen) atoms. The first kappa shape index (κ1) is 14.5. The fraction of sp³-hybridized carbons (Fsp3) is 0.467. The van der Waals surface area contributed by atoms with Crippen LogP contribution in [0.15, 0.2) is 24.5 Å². The number of nitrogens with one attached hydrogen (secondary N) is 1. The van der Waals surface area contributed by atoms with Crippen molar-refractivity contribution >= 4 is 0 Å². The van der Waals surface area contributed by atoms with E-state index in [4.69, 9.17) is 4.74 Å². The molecular weight excluding hydrogens is 252 g/mol. The maximum atomic E-state index is 5.71. The molecule has 2 aromatic rings. The van der Waals surface area contributed by atoms with Gasteiger partial charge in [-0.1, -0.05) is 19.9 Å². The topological polar surface area (TPSA) is 52.0 Å². The lowest BCUT2D eigenvalue weighted by Crippen LogP contribution is -2.22. The van der Waals surface area contributed by atoms with Gasteiger partial charge in [0.15, 0.2) is 5.75 Å². The van der Waals surface area contributed by atoms with Crippen LogP contribution in [0.25, 0.3) is 0 Å². The fourth-order valence-corrected chi connectivity index (χ4v) is 1.82. The first-order valence-corrected chi connectivity index (χ1v) is 6.98. The Kier molecular flexibility index (Phi) is 4.74. The SMILES string of the molecule is CCn1cc(Oc2ccc(CNC(C)C)c(C)n2)cn1. The van der Waals surface area contributed by atoms with E-state index in [-0.39, 0.29) is 0 Å². The zero-order valence-electron chi connectivity index (χ0n) is 12.6. The summed E-state index contributed by atoms with van der Waals surface area (Å²) in [6.07, 6.45) is 3.57. The van der Waals surface area contributed by atoms with Gasteiger partial charge in [0.2, 0.25) is 5.88 Å². The van der Waals surface area contributed by atoms with Gasteiger partial charge in [0.1, 0.15) is 0 Å². The van der Waals surface area contributed by atoms with E-state index in [9.17, 15) is 0 Å². The molecule has 0 radical (unpaired) electrons. The van der Waals surface area contributed by atoms with E-state index in [1.807, 2.05) is 30.8 Å². The van der Waals surface area contributed by atoms with Crippen LogP contribution in [0.3, 0.4) is 0 Å². The van der Waals surface area contributed by atoms with E-state index in [2.05, 4.69) is 35.3 Å². The van der Waals surface area contributed by atoms with Crippen molar-refractivity contribution in [3.05, 3.63) is 35.8 Å². The number of aromatic nitrogens is 3. The molecule has 2 heterocycles. The maximum absolute atomic E-state index is 5.71. The minimum atomic E-state index is 0.463. The molecule has 2 rings (SSSR count). The van der Waals surface area contributed by atoms with Gasteiger partial charge in [-0.15, -0.1) is 0 Å². The monoisotopic (exact) mass is 274 g/mol. The number of hydrogen-bond acceptors (Lipinski definition) is 4. The summed E-state index contributed by atoms with van der Waals surface area (Å²) in [5.74, 6) is 1.32. The first-order valence-electron chi connectivity index (χ1n) is 6.98. The van der Waals surface area contributed by atoms with E-state index < -0.39 is 0 Å².